The number of fused-ring (bicyclic) bond motifs is 7. The summed E-state index contributed by atoms with van der Waals surface area (Å²) in [5, 5.41) is 8.80. The van der Waals surface area contributed by atoms with Gasteiger partial charge in [-0.15, -0.1) is 4.91 Å². The predicted molar refractivity (Wildman–Crippen MR) is 95.4 cm³/mol. The van der Waals surface area contributed by atoms with Crippen LogP contribution in [0.3, 0.4) is 0 Å². The summed E-state index contributed by atoms with van der Waals surface area (Å²) in [5.74, 6) is 0. The normalized spacial score (nSPS) is 11.7. The van der Waals surface area contributed by atoms with Crippen LogP contribution in [0.1, 0.15) is 0 Å². The standard InChI is InChI=1S/C20H12N2O/c23-22-20-15-8-4-3-7-14(15)18-16(20)11-21-17-10-9-12-5-1-2-6-13(12)19(17)18/h1-11,21H. The first-order chi connectivity index (χ1) is 11.4. The second kappa shape index (κ2) is 4.40. The Morgan fingerprint density at radius 2 is 1.52 bits per heavy atom. The number of H-pyrrole nitrogens is 1. The molecule has 3 aromatic rings. The van der Waals surface area contributed by atoms with Gasteiger partial charge in [-0.1, -0.05) is 54.6 Å². The molecule has 0 unspecified atom stereocenters. The molecule has 0 aromatic heterocycles. The van der Waals surface area contributed by atoms with Crippen LogP contribution in [0.15, 0.2) is 72.0 Å². The number of hydrogen-bond acceptors (Lipinski definition) is 2. The molecule has 3 heteroatoms. The van der Waals surface area contributed by atoms with Crippen molar-refractivity contribution in [3.05, 3.63) is 71.8 Å². The first-order valence-electron chi connectivity index (χ1n) is 7.55. The molecule has 0 bridgehead atoms. The number of rotatable bonds is 1. The summed E-state index contributed by atoms with van der Waals surface area (Å²) in [6.45, 7) is 0. The fourth-order valence-electron chi connectivity index (χ4n) is 3.64. The van der Waals surface area contributed by atoms with E-state index in [0.717, 1.165) is 32.8 Å². The Balaban J connectivity index is 2.15. The lowest BCUT2D eigenvalue weighted by atomic mass is 9.97. The number of nitroso groups, excluding NO2 is 1. The van der Waals surface area contributed by atoms with Crippen molar-refractivity contribution in [1.82, 2.24) is 4.98 Å². The molecule has 1 N–H and O–H groups in total. The number of nitrogens with zero attached hydrogens (tertiary/aromatic N) is 1. The maximum Gasteiger partial charge on any atom is 0.125 e. The minimum Gasteiger partial charge on any atom is -0.360 e. The monoisotopic (exact) mass is 296 g/mol. The van der Waals surface area contributed by atoms with Crippen LogP contribution >= 0.6 is 0 Å². The molecule has 0 spiro atoms. The molecule has 3 aromatic carbocycles. The lowest BCUT2D eigenvalue weighted by Gasteiger charge is -2.10. The van der Waals surface area contributed by atoms with Crippen LogP contribution < -0.4 is 0 Å². The highest BCUT2D eigenvalue weighted by atomic mass is 16.3. The van der Waals surface area contributed by atoms with Crippen LogP contribution in [0.2, 0.25) is 0 Å². The summed E-state index contributed by atoms with van der Waals surface area (Å²) in [7, 11) is 0. The van der Waals surface area contributed by atoms with E-state index in [-0.39, 0.29) is 0 Å². The van der Waals surface area contributed by atoms with Gasteiger partial charge in [-0.25, -0.2) is 0 Å². The fraction of sp³-hybridized carbons (Fsp3) is 0. The maximum atomic E-state index is 11.4. The Morgan fingerprint density at radius 1 is 0.783 bits per heavy atom. The van der Waals surface area contributed by atoms with Gasteiger partial charge in [0.25, 0.3) is 0 Å². The first kappa shape index (κ1) is 12.4. The molecular formula is C20H12N2O. The summed E-state index contributed by atoms with van der Waals surface area (Å²) in [5.41, 5.74) is 3.55. The van der Waals surface area contributed by atoms with E-state index in [9.17, 15) is 4.91 Å². The summed E-state index contributed by atoms with van der Waals surface area (Å²) in [4.78, 5) is 14.8. The molecule has 3 nitrogen and oxygen atoms in total. The minimum absolute atomic E-state index is 0.515. The summed E-state index contributed by atoms with van der Waals surface area (Å²) >= 11 is 0. The molecule has 23 heavy (non-hydrogen) atoms. The highest BCUT2D eigenvalue weighted by Gasteiger charge is 2.21. The van der Waals surface area contributed by atoms with E-state index in [1.165, 1.54) is 10.8 Å². The van der Waals surface area contributed by atoms with Crippen molar-refractivity contribution in [2.75, 3.05) is 0 Å². The molecule has 0 radical (unpaired) electrons. The SMILES string of the molecule is O=Nc1c2c[nH]c3ccc4ccccc4c3c-2c2ccccc12. The van der Waals surface area contributed by atoms with Crippen molar-refractivity contribution in [2.45, 2.75) is 0 Å². The Kier molecular flexibility index (Phi) is 2.36. The van der Waals surface area contributed by atoms with E-state index >= 15 is 0 Å². The molecule has 1 aliphatic carbocycles. The Labute approximate surface area is 131 Å². The van der Waals surface area contributed by atoms with Crippen LogP contribution in [0.5, 0.6) is 0 Å². The topological polar surface area (TPSA) is 45.2 Å². The van der Waals surface area contributed by atoms with Gasteiger partial charge in [0.05, 0.1) is 0 Å². The maximum absolute atomic E-state index is 11.4. The van der Waals surface area contributed by atoms with Gasteiger partial charge < -0.3 is 4.98 Å². The van der Waals surface area contributed by atoms with E-state index in [4.69, 9.17) is 0 Å². The first-order valence-corrected chi connectivity index (χ1v) is 7.55. The zero-order valence-corrected chi connectivity index (χ0v) is 12.2. The van der Waals surface area contributed by atoms with Crippen LogP contribution in [0.4, 0.5) is 5.69 Å². The molecule has 5 rings (SSSR count). The Bertz CT molecular complexity index is 1190. The summed E-state index contributed by atoms with van der Waals surface area (Å²) in [6, 6.07) is 20.5. The zero-order chi connectivity index (χ0) is 15.4. The molecule has 0 saturated heterocycles. The number of aromatic nitrogens is 1. The van der Waals surface area contributed by atoms with E-state index < -0.39 is 0 Å². The van der Waals surface area contributed by atoms with Gasteiger partial charge in [-0.2, -0.15) is 0 Å². The van der Waals surface area contributed by atoms with Crippen LogP contribution in [0.25, 0.3) is 43.6 Å². The third-order valence-corrected chi connectivity index (χ3v) is 4.62. The van der Waals surface area contributed by atoms with Gasteiger partial charge in [-0.05, 0) is 27.4 Å². The summed E-state index contributed by atoms with van der Waals surface area (Å²) in [6.07, 6.45) is 1.89. The van der Waals surface area contributed by atoms with E-state index in [0.29, 0.717) is 5.69 Å². The van der Waals surface area contributed by atoms with Gasteiger partial charge in [0, 0.05) is 33.6 Å². The Hall–Kier alpha value is -3.20. The molecule has 1 aliphatic heterocycles. The average Bonchev–Trinajstić information content (AvgIpc) is 2.95. The zero-order valence-electron chi connectivity index (χ0n) is 12.2. The van der Waals surface area contributed by atoms with Crippen molar-refractivity contribution in [2.24, 2.45) is 5.18 Å². The molecule has 0 fully saturated rings. The fourth-order valence-corrected chi connectivity index (χ4v) is 3.64. The summed E-state index contributed by atoms with van der Waals surface area (Å²) < 4.78 is 0. The largest absolute Gasteiger partial charge is 0.360 e. The van der Waals surface area contributed by atoms with Crippen LogP contribution in [-0.2, 0) is 0 Å². The molecule has 0 saturated carbocycles. The molecule has 0 amide bonds. The minimum atomic E-state index is 0.515. The van der Waals surface area contributed by atoms with Crippen LogP contribution in [-0.4, -0.2) is 4.98 Å². The van der Waals surface area contributed by atoms with Crippen LogP contribution in [0, 0.1) is 4.91 Å². The highest BCUT2D eigenvalue weighted by Crippen LogP contribution is 2.48. The number of nitrogens with one attached hydrogen (secondary N) is 1. The van der Waals surface area contributed by atoms with Crippen molar-refractivity contribution in [3.63, 3.8) is 0 Å². The smallest absolute Gasteiger partial charge is 0.125 e. The molecule has 0 atom stereocenters. The van der Waals surface area contributed by atoms with Gasteiger partial charge in [-0.3, -0.25) is 0 Å². The molecule has 2 aliphatic rings. The van der Waals surface area contributed by atoms with Crippen molar-refractivity contribution in [3.8, 4) is 11.1 Å². The quantitative estimate of drug-likeness (QED) is 0.300. The molecule has 1 heterocycles. The lowest BCUT2D eigenvalue weighted by Crippen LogP contribution is -1.86. The van der Waals surface area contributed by atoms with E-state index in [1.54, 1.807) is 0 Å². The molecule has 108 valence electrons. The number of hydrogen-bond donors (Lipinski definition) is 1. The van der Waals surface area contributed by atoms with Gasteiger partial charge in [0.1, 0.15) is 5.69 Å². The second-order valence-electron chi connectivity index (χ2n) is 5.77. The van der Waals surface area contributed by atoms with Gasteiger partial charge in [0.2, 0.25) is 0 Å². The second-order valence-corrected chi connectivity index (χ2v) is 5.77. The van der Waals surface area contributed by atoms with Crippen molar-refractivity contribution >= 4 is 38.1 Å². The van der Waals surface area contributed by atoms with Gasteiger partial charge >= 0.3 is 0 Å². The number of pyridine rings is 1. The Morgan fingerprint density at radius 3 is 2.35 bits per heavy atom. The highest BCUT2D eigenvalue weighted by molar-refractivity contribution is 6.24. The average molecular weight is 296 g/mol. The van der Waals surface area contributed by atoms with Crippen molar-refractivity contribution in [1.29, 1.82) is 0 Å². The van der Waals surface area contributed by atoms with E-state index in [1.807, 2.05) is 36.5 Å². The predicted octanol–water partition coefficient (Wildman–Crippen LogP) is 5.98. The third kappa shape index (κ3) is 1.53. The van der Waals surface area contributed by atoms with E-state index in [2.05, 4.69) is 40.5 Å². The lowest BCUT2D eigenvalue weighted by molar-refractivity contribution is 1.41. The number of benzene rings is 3. The van der Waals surface area contributed by atoms with Crippen molar-refractivity contribution < 1.29 is 0 Å². The molecular weight excluding hydrogens is 284 g/mol. The third-order valence-electron chi connectivity index (χ3n) is 4.62. The van der Waals surface area contributed by atoms with Gasteiger partial charge in [0.15, 0.2) is 0 Å². The number of aromatic amines is 1.